The lowest BCUT2D eigenvalue weighted by Gasteiger charge is -2.34. The second-order valence-corrected chi connectivity index (χ2v) is 8.13. The Morgan fingerprint density at radius 1 is 1.35 bits per heavy atom. The minimum Gasteiger partial charge on any atom is -0.458 e. The Hall–Kier alpha value is -1.90. The first kappa shape index (κ1) is 20.4. The van der Waals surface area contributed by atoms with Crippen LogP contribution in [0.3, 0.4) is 0 Å². The van der Waals surface area contributed by atoms with Crippen molar-refractivity contribution in [2.75, 3.05) is 13.1 Å². The van der Waals surface area contributed by atoms with Gasteiger partial charge in [0.25, 0.3) is 0 Å². The zero-order valence-electron chi connectivity index (χ0n) is 15.5. The van der Waals surface area contributed by atoms with Crippen molar-refractivity contribution in [1.82, 2.24) is 20.2 Å². The predicted molar refractivity (Wildman–Crippen MR) is 98.8 cm³/mol. The van der Waals surface area contributed by atoms with E-state index in [0.29, 0.717) is 13.1 Å². The lowest BCUT2D eigenvalue weighted by atomic mass is 10.1. The molecule has 1 fully saturated rings. The Kier molecular flexibility index (Phi) is 6.80. The van der Waals surface area contributed by atoms with Crippen molar-refractivity contribution in [3.63, 3.8) is 0 Å². The molecule has 0 spiro atoms. The molecule has 144 valence electrons. The molecule has 1 aromatic heterocycles. The predicted octanol–water partition coefficient (Wildman–Crippen LogP) is 2.52. The van der Waals surface area contributed by atoms with Crippen molar-refractivity contribution in [3.8, 4) is 6.01 Å². The molecular formula is C17H25BrN4O4. The Balaban J connectivity index is 1.88. The van der Waals surface area contributed by atoms with E-state index in [0.717, 1.165) is 17.3 Å². The molecule has 0 aliphatic carbocycles. The number of likely N-dealkylation sites (tertiary alicyclic amines) is 1. The normalized spacial score (nSPS) is 18.8. The molecule has 0 saturated carbocycles. The zero-order chi connectivity index (χ0) is 19.3. The number of alkyl carbamates (subject to hydrolysis) is 1. The van der Waals surface area contributed by atoms with Gasteiger partial charge in [-0.05, 0) is 56.5 Å². The van der Waals surface area contributed by atoms with Crippen LogP contribution in [0.25, 0.3) is 0 Å². The molecule has 2 atom stereocenters. The van der Waals surface area contributed by atoms with E-state index in [-0.39, 0.29) is 18.0 Å². The lowest BCUT2D eigenvalue weighted by Crippen LogP contribution is -2.52. The average molecular weight is 429 g/mol. The SMILES string of the molecule is CC(NC(=O)OC(C)(C)C)C(=O)N1CCCC(Oc2ncc(Br)cn2)C1. The van der Waals surface area contributed by atoms with Gasteiger partial charge in [0.2, 0.25) is 5.91 Å². The van der Waals surface area contributed by atoms with Crippen molar-refractivity contribution >= 4 is 27.9 Å². The van der Waals surface area contributed by atoms with Gasteiger partial charge in [-0.3, -0.25) is 4.79 Å². The first-order chi connectivity index (χ1) is 12.1. The maximum atomic E-state index is 12.6. The van der Waals surface area contributed by atoms with E-state index < -0.39 is 17.7 Å². The fourth-order valence-electron chi connectivity index (χ4n) is 2.56. The largest absolute Gasteiger partial charge is 0.458 e. The Labute approximate surface area is 161 Å². The minimum atomic E-state index is -0.674. The van der Waals surface area contributed by atoms with Crippen molar-refractivity contribution in [2.45, 2.75) is 58.3 Å². The van der Waals surface area contributed by atoms with E-state index >= 15 is 0 Å². The molecule has 1 aromatic rings. The molecule has 1 N–H and O–H groups in total. The molecule has 9 heteroatoms. The highest BCUT2D eigenvalue weighted by atomic mass is 79.9. The minimum absolute atomic E-state index is 0.166. The van der Waals surface area contributed by atoms with Gasteiger partial charge in [0.05, 0.1) is 11.0 Å². The monoisotopic (exact) mass is 428 g/mol. The van der Waals surface area contributed by atoms with Gasteiger partial charge in [-0.2, -0.15) is 0 Å². The number of rotatable bonds is 4. The fourth-order valence-corrected chi connectivity index (χ4v) is 2.77. The van der Waals surface area contributed by atoms with Crippen molar-refractivity contribution in [2.24, 2.45) is 0 Å². The summed E-state index contributed by atoms with van der Waals surface area (Å²) >= 11 is 3.27. The van der Waals surface area contributed by atoms with Gasteiger partial charge in [-0.1, -0.05) is 0 Å². The number of nitrogens with zero attached hydrogens (tertiary/aromatic N) is 3. The van der Waals surface area contributed by atoms with Crippen molar-refractivity contribution < 1.29 is 19.1 Å². The summed E-state index contributed by atoms with van der Waals surface area (Å²) in [5.41, 5.74) is -0.610. The maximum absolute atomic E-state index is 12.6. The molecule has 1 aliphatic rings. The number of hydrogen-bond donors (Lipinski definition) is 1. The molecule has 8 nitrogen and oxygen atoms in total. The standard InChI is InChI=1S/C17H25BrN4O4/c1-11(21-16(24)26-17(2,3)4)14(23)22-7-5-6-13(10-22)25-15-19-8-12(18)9-20-15/h8-9,11,13H,5-7,10H2,1-4H3,(H,21,24). The molecule has 1 aliphatic heterocycles. The molecule has 2 amide bonds. The van der Waals surface area contributed by atoms with Gasteiger partial charge >= 0.3 is 12.1 Å². The van der Waals surface area contributed by atoms with Crippen LogP contribution >= 0.6 is 15.9 Å². The second kappa shape index (κ2) is 8.66. The van der Waals surface area contributed by atoms with Gasteiger partial charge in [0.1, 0.15) is 17.7 Å². The molecule has 1 saturated heterocycles. The molecule has 0 radical (unpaired) electrons. The van der Waals surface area contributed by atoms with Crippen LogP contribution in [0.4, 0.5) is 4.79 Å². The van der Waals surface area contributed by atoms with Gasteiger partial charge in [0.15, 0.2) is 0 Å². The fraction of sp³-hybridized carbons (Fsp3) is 0.647. The number of piperidine rings is 1. The molecular weight excluding hydrogens is 404 g/mol. The van der Waals surface area contributed by atoms with Gasteiger partial charge in [-0.25, -0.2) is 14.8 Å². The van der Waals surface area contributed by atoms with E-state index in [2.05, 4.69) is 31.2 Å². The first-order valence-electron chi connectivity index (χ1n) is 8.56. The highest BCUT2D eigenvalue weighted by Crippen LogP contribution is 2.17. The highest BCUT2D eigenvalue weighted by molar-refractivity contribution is 9.10. The summed E-state index contributed by atoms with van der Waals surface area (Å²) in [5.74, 6) is -0.166. The quantitative estimate of drug-likeness (QED) is 0.791. The summed E-state index contributed by atoms with van der Waals surface area (Å²) in [5, 5.41) is 2.58. The summed E-state index contributed by atoms with van der Waals surface area (Å²) in [6.07, 6.45) is 4.07. The molecule has 26 heavy (non-hydrogen) atoms. The number of nitrogens with one attached hydrogen (secondary N) is 1. The molecule has 0 aromatic carbocycles. The third-order valence-electron chi connectivity index (χ3n) is 3.66. The summed E-state index contributed by atoms with van der Waals surface area (Å²) < 4.78 is 11.7. The third kappa shape index (κ3) is 6.44. The first-order valence-corrected chi connectivity index (χ1v) is 9.36. The topological polar surface area (TPSA) is 93.7 Å². The summed E-state index contributed by atoms with van der Waals surface area (Å²) in [6, 6.07) is -0.389. The van der Waals surface area contributed by atoms with Gasteiger partial charge < -0.3 is 19.7 Å². The van der Waals surface area contributed by atoms with Crippen LogP contribution in [-0.2, 0) is 9.53 Å². The molecule has 2 unspecified atom stereocenters. The number of halogens is 1. The van der Waals surface area contributed by atoms with Crippen LogP contribution in [0, 0.1) is 0 Å². The number of hydrogen-bond acceptors (Lipinski definition) is 6. The second-order valence-electron chi connectivity index (χ2n) is 7.22. The average Bonchev–Trinajstić information content (AvgIpc) is 2.54. The Morgan fingerprint density at radius 2 is 2.00 bits per heavy atom. The lowest BCUT2D eigenvalue weighted by molar-refractivity contribution is -0.135. The van der Waals surface area contributed by atoms with Gasteiger partial charge in [-0.15, -0.1) is 0 Å². The van der Waals surface area contributed by atoms with Crippen molar-refractivity contribution in [1.29, 1.82) is 0 Å². The van der Waals surface area contributed by atoms with E-state index in [1.807, 2.05) is 0 Å². The molecule has 0 bridgehead atoms. The third-order valence-corrected chi connectivity index (χ3v) is 4.07. The number of carbonyl (C=O) groups excluding carboxylic acids is 2. The van der Waals surface area contributed by atoms with E-state index in [9.17, 15) is 9.59 Å². The van der Waals surface area contributed by atoms with Crippen LogP contribution in [0.15, 0.2) is 16.9 Å². The summed E-state index contributed by atoms with van der Waals surface area (Å²) in [4.78, 5) is 34.3. The molecule has 2 heterocycles. The Bertz CT molecular complexity index is 633. The summed E-state index contributed by atoms with van der Waals surface area (Å²) in [6.45, 7) is 8.02. The zero-order valence-corrected chi connectivity index (χ0v) is 17.1. The van der Waals surface area contributed by atoms with Crippen LogP contribution in [0.2, 0.25) is 0 Å². The number of ether oxygens (including phenoxy) is 2. The maximum Gasteiger partial charge on any atom is 0.408 e. The van der Waals surface area contributed by atoms with E-state index in [1.54, 1.807) is 45.0 Å². The summed E-state index contributed by atoms with van der Waals surface area (Å²) in [7, 11) is 0. The van der Waals surface area contributed by atoms with Crippen molar-refractivity contribution in [3.05, 3.63) is 16.9 Å². The van der Waals surface area contributed by atoms with Crippen LogP contribution in [-0.4, -0.2) is 57.7 Å². The van der Waals surface area contributed by atoms with E-state index in [1.165, 1.54) is 0 Å². The number of carbonyl (C=O) groups is 2. The smallest absolute Gasteiger partial charge is 0.408 e. The van der Waals surface area contributed by atoms with E-state index in [4.69, 9.17) is 9.47 Å². The van der Waals surface area contributed by atoms with Gasteiger partial charge in [0, 0.05) is 18.9 Å². The molecule has 2 rings (SSSR count). The van der Waals surface area contributed by atoms with Crippen LogP contribution in [0.1, 0.15) is 40.5 Å². The number of amides is 2. The Morgan fingerprint density at radius 3 is 2.62 bits per heavy atom. The van der Waals surface area contributed by atoms with Crippen LogP contribution < -0.4 is 10.1 Å². The highest BCUT2D eigenvalue weighted by Gasteiger charge is 2.29. The van der Waals surface area contributed by atoms with Crippen LogP contribution in [0.5, 0.6) is 6.01 Å². The number of aromatic nitrogens is 2.